The number of aliphatic hydroxyl groups excluding tert-OH is 1. The molecule has 0 radical (unpaired) electrons. The number of anilines is 1. The van der Waals surface area contributed by atoms with Crippen molar-refractivity contribution in [3.8, 4) is 5.75 Å². The Morgan fingerprint density at radius 3 is 2.73 bits per heavy atom. The molecule has 0 aliphatic carbocycles. The van der Waals surface area contributed by atoms with E-state index in [1.807, 2.05) is 6.07 Å². The zero-order valence-corrected chi connectivity index (χ0v) is 15.6. The van der Waals surface area contributed by atoms with Crippen LogP contribution >= 0.6 is 0 Å². The Labute approximate surface area is 150 Å². The number of halogens is 1. The lowest BCUT2D eigenvalue weighted by Gasteiger charge is -2.28. The van der Waals surface area contributed by atoms with Crippen LogP contribution in [0.5, 0.6) is 5.75 Å². The van der Waals surface area contributed by atoms with E-state index >= 15 is 0 Å². The van der Waals surface area contributed by atoms with Gasteiger partial charge < -0.3 is 44.0 Å². The van der Waals surface area contributed by atoms with Crippen molar-refractivity contribution >= 4 is 11.4 Å². The molecule has 0 bridgehead atoms. The molecule has 0 saturated carbocycles. The van der Waals surface area contributed by atoms with E-state index in [1.165, 1.54) is 16.9 Å². The lowest BCUT2D eigenvalue weighted by atomic mass is 10.0. The molecule has 0 saturated heterocycles. The number of unbranched alkanes of at least 4 members (excludes halogenated alkanes) is 3. The van der Waals surface area contributed by atoms with E-state index in [0.29, 0.717) is 6.61 Å². The first-order valence-corrected chi connectivity index (χ1v) is 7.70. The van der Waals surface area contributed by atoms with Gasteiger partial charge in [-0.05, 0) is 31.1 Å². The number of methoxy groups -OCH3 is 1. The second kappa shape index (κ2) is 9.94. The molecule has 5 heteroatoms. The SMILES string of the molecule is COc1ccc2c(c1)N(C)CC=C2NCCCCCCO.[I-]. The van der Waals surface area contributed by atoms with Crippen molar-refractivity contribution < 1.29 is 33.8 Å². The maximum atomic E-state index is 8.76. The molecular weight excluding hydrogens is 391 g/mol. The summed E-state index contributed by atoms with van der Waals surface area (Å²) in [5.74, 6) is 0.894. The Morgan fingerprint density at radius 1 is 1.23 bits per heavy atom. The van der Waals surface area contributed by atoms with Crippen molar-refractivity contribution in [2.75, 3.05) is 38.8 Å². The molecule has 0 atom stereocenters. The molecule has 1 aliphatic heterocycles. The van der Waals surface area contributed by atoms with E-state index in [4.69, 9.17) is 9.84 Å². The molecule has 124 valence electrons. The Kier molecular flexibility index (Phi) is 8.63. The van der Waals surface area contributed by atoms with Gasteiger partial charge in [0, 0.05) is 49.8 Å². The predicted octanol–water partition coefficient (Wildman–Crippen LogP) is -0.368. The second-order valence-corrected chi connectivity index (χ2v) is 5.45. The maximum absolute atomic E-state index is 8.76. The number of hydrogen-bond donors (Lipinski definition) is 2. The zero-order valence-electron chi connectivity index (χ0n) is 13.4. The van der Waals surface area contributed by atoms with Crippen LogP contribution in [0.1, 0.15) is 31.2 Å². The second-order valence-electron chi connectivity index (χ2n) is 5.45. The summed E-state index contributed by atoms with van der Waals surface area (Å²) >= 11 is 0. The van der Waals surface area contributed by atoms with E-state index in [0.717, 1.165) is 44.5 Å². The highest BCUT2D eigenvalue weighted by Crippen LogP contribution is 2.32. The Morgan fingerprint density at radius 2 is 2.00 bits per heavy atom. The maximum Gasteiger partial charge on any atom is 0.120 e. The summed E-state index contributed by atoms with van der Waals surface area (Å²) in [5, 5.41) is 12.3. The molecule has 0 unspecified atom stereocenters. The van der Waals surface area contributed by atoms with Gasteiger partial charge in [-0.25, -0.2) is 0 Å². The molecule has 1 aromatic carbocycles. The van der Waals surface area contributed by atoms with Crippen molar-refractivity contribution in [1.82, 2.24) is 5.32 Å². The highest BCUT2D eigenvalue weighted by atomic mass is 127. The van der Waals surface area contributed by atoms with Crippen LogP contribution in [0.2, 0.25) is 0 Å². The normalized spacial score (nSPS) is 13.0. The fourth-order valence-corrected chi connectivity index (χ4v) is 2.60. The first kappa shape index (κ1) is 19.1. The minimum atomic E-state index is 0. The number of rotatable bonds is 8. The summed E-state index contributed by atoms with van der Waals surface area (Å²) in [4.78, 5) is 2.23. The Bertz CT molecular complexity index is 492. The Balaban J connectivity index is 0.00000242. The van der Waals surface area contributed by atoms with Gasteiger partial charge in [-0.1, -0.05) is 12.8 Å². The number of nitrogens with zero attached hydrogens (tertiary/aromatic N) is 1. The van der Waals surface area contributed by atoms with Gasteiger partial charge in [-0.15, -0.1) is 0 Å². The lowest BCUT2D eigenvalue weighted by Crippen LogP contribution is -3.00. The largest absolute Gasteiger partial charge is 1.00 e. The van der Waals surface area contributed by atoms with Crippen molar-refractivity contribution in [3.63, 3.8) is 0 Å². The standard InChI is InChI=1S/C17H26N2O2.HI/c1-19-11-9-16(18-10-5-3-4-6-12-20)15-8-7-14(21-2)13-17(15)19;/h7-9,13,18,20H,3-6,10-12H2,1-2H3;1H/p-1. The number of hydrogen-bond acceptors (Lipinski definition) is 4. The van der Waals surface area contributed by atoms with E-state index < -0.39 is 0 Å². The highest BCUT2D eigenvalue weighted by Gasteiger charge is 2.16. The molecule has 22 heavy (non-hydrogen) atoms. The third kappa shape index (κ3) is 5.05. The minimum absolute atomic E-state index is 0. The smallest absolute Gasteiger partial charge is 0.120 e. The summed E-state index contributed by atoms with van der Waals surface area (Å²) in [6.45, 7) is 2.19. The highest BCUT2D eigenvalue weighted by molar-refractivity contribution is 5.80. The predicted molar refractivity (Wildman–Crippen MR) is 87.8 cm³/mol. The number of fused-ring (bicyclic) bond motifs is 1. The molecule has 0 aromatic heterocycles. The summed E-state index contributed by atoms with van der Waals surface area (Å²) in [7, 11) is 3.80. The molecule has 1 aliphatic rings. The van der Waals surface area contributed by atoms with Crippen LogP contribution in [0, 0.1) is 0 Å². The number of likely N-dealkylation sites (N-methyl/N-ethyl adjacent to an activating group) is 1. The minimum Gasteiger partial charge on any atom is -1.00 e. The average molecular weight is 417 g/mol. The summed E-state index contributed by atoms with van der Waals surface area (Å²) < 4.78 is 5.31. The van der Waals surface area contributed by atoms with E-state index in [9.17, 15) is 0 Å². The molecular formula is C17H26IN2O2-. The van der Waals surface area contributed by atoms with E-state index in [2.05, 4.69) is 35.5 Å². The number of nitrogens with one attached hydrogen (secondary N) is 1. The van der Waals surface area contributed by atoms with Gasteiger partial charge in [0.2, 0.25) is 0 Å². The molecule has 1 heterocycles. The van der Waals surface area contributed by atoms with Gasteiger partial charge in [-0.2, -0.15) is 0 Å². The van der Waals surface area contributed by atoms with Gasteiger partial charge in [0.25, 0.3) is 0 Å². The summed E-state index contributed by atoms with van der Waals surface area (Å²) in [6.07, 6.45) is 6.56. The molecule has 0 spiro atoms. The number of aliphatic hydroxyl groups is 1. The number of benzene rings is 1. The number of ether oxygens (including phenoxy) is 1. The summed E-state index contributed by atoms with van der Waals surface area (Å²) in [6, 6.07) is 6.22. The van der Waals surface area contributed by atoms with Gasteiger partial charge >= 0.3 is 0 Å². The quantitative estimate of drug-likeness (QED) is 0.448. The molecule has 4 nitrogen and oxygen atoms in total. The monoisotopic (exact) mass is 417 g/mol. The fourth-order valence-electron chi connectivity index (χ4n) is 2.60. The van der Waals surface area contributed by atoms with Crippen molar-refractivity contribution in [2.24, 2.45) is 0 Å². The van der Waals surface area contributed by atoms with Gasteiger partial charge in [-0.3, -0.25) is 0 Å². The van der Waals surface area contributed by atoms with Gasteiger partial charge in [0.15, 0.2) is 0 Å². The van der Waals surface area contributed by atoms with Crippen molar-refractivity contribution in [2.45, 2.75) is 25.7 Å². The first-order valence-electron chi connectivity index (χ1n) is 7.70. The third-order valence-electron chi connectivity index (χ3n) is 3.88. The van der Waals surface area contributed by atoms with Crippen LogP contribution in [0.15, 0.2) is 24.3 Å². The topological polar surface area (TPSA) is 44.7 Å². The summed E-state index contributed by atoms with van der Waals surface area (Å²) in [5.41, 5.74) is 3.66. The zero-order chi connectivity index (χ0) is 15.1. The molecule has 0 amide bonds. The van der Waals surface area contributed by atoms with Crippen LogP contribution in [0.3, 0.4) is 0 Å². The van der Waals surface area contributed by atoms with Gasteiger partial charge in [0.1, 0.15) is 5.75 Å². The first-order chi connectivity index (χ1) is 10.3. The average Bonchev–Trinajstić information content (AvgIpc) is 2.52. The third-order valence-corrected chi connectivity index (χ3v) is 3.88. The lowest BCUT2D eigenvalue weighted by molar-refractivity contribution is -0.00000581. The van der Waals surface area contributed by atoms with Gasteiger partial charge in [0.05, 0.1) is 7.11 Å². The van der Waals surface area contributed by atoms with Crippen LogP contribution in [0.4, 0.5) is 5.69 Å². The van der Waals surface area contributed by atoms with Crippen molar-refractivity contribution in [3.05, 3.63) is 29.8 Å². The molecule has 2 rings (SSSR count). The Hall–Kier alpha value is -0.950. The molecule has 2 N–H and O–H groups in total. The van der Waals surface area contributed by atoms with Crippen LogP contribution in [0.25, 0.3) is 5.70 Å². The van der Waals surface area contributed by atoms with Crippen LogP contribution in [-0.2, 0) is 0 Å². The van der Waals surface area contributed by atoms with Crippen LogP contribution in [-0.4, -0.2) is 39.0 Å². The van der Waals surface area contributed by atoms with E-state index in [1.54, 1.807) is 7.11 Å². The van der Waals surface area contributed by atoms with Crippen LogP contribution < -0.4 is 38.9 Å². The molecule has 0 fully saturated rings. The van der Waals surface area contributed by atoms with Crippen molar-refractivity contribution in [1.29, 1.82) is 0 Å². The van der Waals surface area contributed by atoms with E-state index in [-0.39, 0.29) is 24.0 Å². The fraction of sp³-hybridized carbons (Fsp3) is 0.529. The molecule has 1 aromatic rings.